The fourth-order valence-electron chi connectivity index (χ4n) is 3.05. The molecule has 1 aromatic rings. The van der Waals surface area contributed by atoms with Gasteiger partial charge in [-0.15, -0.1) is 0 Å². The summed E-state index contributed by atoms with van der Waals surface area (Å²) in [5.41, 5.74) is 0.282. The second-order valence-corrected chi connectivity index (χ2v) is 10.9. The second-order valence-electron chi connectivity index (χ2n) is 9.13. The number of hydrogen-bond donors (Lipinski definition) is 3. The van der Waals surface area contributed by atoms with E-state index in [0.29, 0.717) is 25.3 Å². The molecule has 0 bridgehead atoms. The van der Waals surface area contributed by atoms with Crippen LogP contribution in [0.15, 0.2) is 29.2 Å². The maximum Gasteiger partial charge on any atom is 0.317 e. The highest BCUT2D eigenvalue weighted by molar-refractivity contribution is 7.89. The predicted octanol–water partition coefficient (Wildman–Crippen LogP) is 2.78. The fraction of sp³-hybridized carbons (Fsp3) is 0.619. The molecule has 0 unspecified atom stereocenters. The normalized spacial score (nSPS) is 15.9. The van der Waals surface area contributed by atoms with E-state index in [1.165, 1.54) is 12.1 Å². The van der Waals surface area contributed by atoms with E-state index < -0.39 is 10.0 Å². The monoisotopic (exact) mass is 438 g/mol. The van der Waals surface area contributed by atoms with Gasteiger partial charge in [0.2, 0.25) is 15.9 Å². The molecule has 1 aliphatic rings. The van der Waals surface area contributed by atoms with Crippen LogP contribution in [0.3, 0.4) is 0 Å². The molecule has 0 aliphatic carbocycles. The van der Waals surface area contributed by atoms with Crippen molar-refractivity contribution in [2.24, 2.45) is 11.8 Å². The summed E-state index contributed by atoms with van der Waals surface area (Å²) < 4.78 is 27.8. The van der Waals surface area contributed by atoms with Crippen LogP contribution in [0.5, 0.6) is 0 Å². The van der Waals surface area contributed by atoms with Gasteiger partial charge in [0.05, 0.1) is 4.90 Å². The quantitative estimate of drug-likeness (QED) is 0.635. The third kappa shape index (κ3) is 7.28. The number of benzene rings is 1. The van der Waals surface area contributed by atoms with E-state index in [4.69, 9.17) is 0 Å². The van der Waals surface area contributed by atoms with Crippen molar-refractivity contribution in [3.05, 3.63) is 24.3 Å². The Labute approximate surface area is 179 Å². The van der Waals surface area contributed by atoms with Gasteiger partial charge >= 0.3 is 6.03 Å². The average Bonchev–Trinajstić information content (AvgIpc) is 2.66. The van der Waals surface area contributed by atoms with Gasteiger partial charge in [-0.05, 0) is 63.8 Å². The van der Waals surface area contributed by atoms with E-state index in [0.717, 1.165) is 12.8 Å². The standard InChI is InChI=1S/C21H34N4O4S/c1-15(2)19(26)23-17-6-8-18(9-7-17)30(28,29)22-14-16-10-12-25(13-11-16)20(27)24-21(3,4)5/h6-9,15-16,22H,10-14H2,1-5H3,(H,23,26)(H,24,27). The molecule has 9 heteroatoms. The summed E-state index contributed by atoms with van der Waals surface area (Å²) >= 11 is 0. The molecule has 0 radical (unpaired) electrons. The lowest BCUT2D eigenvalue weighted by atomic mass is 9.97. The van der Waals surface area contributed by atoms with E-state index in [1.807, 2.05) is 20.8 Å². The molecule has 168 valence electrons. The molecule has 1 fully saturated rings. The van der Waals surface area contributed by atoms with Crippen LogP contribution < -0.4 is 15.4 Å². The first kappa shape index (κ1) is 24.1. The molecule has 1 heterocycles. The highest BCUT2D eigenvalue weighted by Crippen LogP contribution is 2.19. The molecule has 3 N–H and O–H groups in total. The minimum atomic E-state index is -3.63. The third-order valence-electron chi connectivity index (χ3n) is 4.90. The van der Waals surface area contributed by atoms with Gasteiger partial charge in [0, 0.05) is 36.8 Å². The van der Waals surface area contributed by atoms with E-state index in [1.54, 1.807) is 30.9 Å². The number of nitrogens with one attached hydrogen (secondary N) is 3. The van der Waals surface area contributed by atoms with Crippen LogP contribution in [0.1, 0.15) is 47.5 Å². The number of sulfonamides is 1. The molecule has 3 amide bonds. The van der Waals surface area contributed by atoms with Crippen LogP contribution in [-0.2, 0) is 14.8 Å². The summed E-state index contributed by atoms with van der Waals surface area (Å²) in [5.74, 6) is -0.0876. The maximum atomic E-state index is 12.6. The largest absolute Gasteiger partial charge is 0.333 e. The Kier molecular flexibility index (Phi) is 7.87. The molecule has 0 spiro atoms. The molecular formula is C21H34N4O4S. The van der Waals surface area contributed by atoms with Crippen molar-refractivity contribution in [2.45, 2.75) is 57.9 Å². The van der Waals surface area contributed by atoms with Crippen LogP contribution >= 0.6 is 0 Å². The van der Waals surface area contributed by atoms with Gasteiger partial charge in [0.25, 0.3) is 0 Å². The maximum absolute atomic E-state index is 12.6. The van der Waals surface area contributed by atoms with Gasteiger partial charge in [-0.2, -0.15) is 0 Å². The van der Waals surface area contributed by atoms with Crippen molar-refractivity contribution >= 4 is 27.6 Å². The van der Waals surface area contributed by atoms with Gasteiger partial charge in [-0.1, -0.05) is 13.8 Å². The Bertz CT molecular complexity index is 837. The zero-order chi connectivity index (χ0) is 22.5. The summed E-state index contributed by atoms with van der Waals surface area (Å²) in [6.07, 6.45) is 1.50. The number of urea groups is 1. The first-order valence-corrected chi connectivity index (χ1v) is 11.8. The molecular weight excluding hydrogens is 404 g/mol. The molecule has 8 nitrogen and oxygen atoms in total. The molecule has 1 saturated heterocycles. The number of amides is 3. The van der Waals surface area contributed by atoms with E-state index in [2.05, 4.69) is 15.4 Å². The lowest BCUT2D eigenvalue weighted by Crippen LogP contribution is -2.51. The van der Waals surface area contributed by atoms with Crippen molar-refractivity contribution < 1.29 is 18.0 Å². The van der Waals surface area contributed by atoms with Gasteiger partial charge in [0.1, 0.15) is 0 Å². The average molecular weight is 439 g/mol. The Balaban J connectivity index is 1.84. The van der Waals surface area contributed by atoms with E-state index in [-0.39, 0.29) is 34.2 Å². The summed E-state index contributed by atoms with van der Waals surface area (Å²) in [5, 5.41) is 5.69. The zero-order valence-electron chi connectivity index (χ0n) is 18.5. The zero-order valence-corrected chi connectivity index (χ0v) is 19.3. The van der Waals surface area contributed by atoms with E-state index in [9.17, 15) is 18.0 Å². The molecule has 0 aromatic heterocycles. The lowest BCUT2D eigenvalue weighted by Gasteiger charge is -2.34. The topological polar surface area (TPSA) is 108 Å². The number of hydrogen-bond acceptors (Lipinski definition) is 4. The molecule has 30 heavy (non-hydrogen) atoms. The number of anilines is 1. The second kappa shape index (κ2) is 9.78. The van der Waals surface area contributed by atoms with Crippen molar-refractivity contribution in [1.82, 2.24) is 14.9 Å². The predicted molar refractivity (Wildman–Crippen MR) is 118 cm³/mol. The summed E-state index contributed by atoms with van der Waals surface area (Å²) in [7, 11) is -3.63. The number of rotatable bonds is 6. The van der Waals surface area contributed by atoms with Crippen LogP contribution in [0, 0.1) is 11.8 Å². The summed E-state index contributed by atoms with van der Waals surface area (Å²) in [6, 6.07) is 6.06. The number of carbonyl (C=O) groups excluding carboxylic acids is 2. The molecule has 1 aromatic carbocycles. The van der Waals surface area contributed by atoms with Crippen LogP contribution in [-0.4, -0.2) is 50.4 Å². The lowest BCUT2D eigenvalue weighted by molar-refractivity contribution is -0.118. The summed E-state index contributed by atoms with van der Waals surface area (Å²) in [6.45, 7) is 11.0. The van der Waals surface area contributed by atoms with Crippen molar-refractivity contribution in [3.8, 4) is 0 Å². The van der Waals surface area contributed by atoms with Gasteiger partial charge < -0.3 is 15.5 Å². The van der Waals surface area contributed by atoms with Gasteiger partial charge in [-0.3, -0.25) is 4.79 Å². The molecule has 0 saturated carbocycles. The van der Waals surface area contributed by atoms with Crippen molar-refractivity contribution in [2.75, 3.05) is 25.0 Å². The number of nitrogens with zero attached hydrogens (tertiary/aromatic N) is 1. The van der Waals surface area contributed by atoms with Crippen molar-refractivity contribution in [3.63, 3.8) is 0 Å². The molecule has 0 atom stereocenters. The number of likely N-dealkylation sites (tertiary alicyclic amines) is 1. The Morgan fingerprint density at radius 3 is 2.17 bits per heavy atom. The smallest absolute Gasteiger partial charge is 0.317 e. The third-order valence-corrected chi connectivity index (χ3v) is 6.34. The molecule has 1 aliphatic heterocycles. The Morgan fingerprint density at radius 1 is 1.10 bits per heavy atom. The summed E-state index contributed by atoms with van der Waals surface area (Å²) in [4.78, 5) is 25.9. The van der Waals surface area contributed by atoms with E-state index >= 15 is 0 Å². The number of carbonyl (C=O) groups is 2. The highest BCUT2D eigenvalue weighted by atomic mass is 32.2. The van der Waals surface area contributed by atoms with Crippen LogP contribution in [0.2, 0.25) is 0 Å². The minimum Gasteiger partial charge on any atom is -0.333 e. The Hall–Kier alpha value is -2.13. The number of piperidine rings is 1. The first-order chi connectivity index (χ1) is 13.9. The van der Waals surface area contributed by atoms with Gasteiger partial charge in [0.15, 0.2) is 0 Å². The SMILES string of the molecule is CC(C)C(=O)Nc1ccc(S(=O)(=O)NCC2CCN(C(=O)NC(C)(C)C)CC2)cc1. The molecule has 2 rings (SSSR count). The van der Waals surface area contributed by atoms with Crippen molar-refractivity contribution in [1.29, 1.82) is 0 Å². The Morgan fingerprint density at radius 2 is 1.67 bits per heavy atom. The fourth-order valence-corrected chi connectivity index (χ4v) is 4.17. The first-order valence-electron chi connectivity index (χ1n) is 10.3. The minimum absolute atomic E-state index is 0.0776. The van der Waals surface area contributed by atoms with Crippen LogP contribution in [0.4, 0.5) is 10.5 Å². The van der Waals surface area contributed by atoms with Gasteiger partial charge in [-0.25, -0.2) is 17.9 Å². The van der Waals surface area contributed by atoms with Crippen LogP contribution in [0.25, 0.3) is 0 Å². The highest BCUT2D eigenvalue weighted by Gasteiger charge is 2.26.